The minimum atomic E-state index is -0.521. The Morgan fingerprint density at radius 2 is 2.00 bits per heavy atom. The third kappa shape index (κ3) is 2.76. The predicted octanol–water partition coefficient (Wildman–Crippen LogP) is 4.32. The average Bonchev–Trinajstić information content (AvgIpc) is 3.07. The third-order valence-corrected chi connectivity index (χ3v) is 4.63. The van der Waals surface area contributed by atoms with Crippen LogP contribution in [0.1, 0.15) is 17.0 Å². The average molecular weight is 373 g/mol. The van der Waals surface area contributed by atoms with Crippen LogP contribution in [0.4, 0.5) is 4.39 Å². The molecule has 0 fully saturated rings. The number of pyridine rings is 2. The maximum absolute atomic E-state index is 14.8. The highest BCUT2D eigenvalue weighted by Gasteiger charge is 2.22. The molecule has 4 aromatic rings. The SMILES string of the molecule is COc1ccc(-c2nc3[nH]nc(C)c3c(-c3ccc(C)nc3)c2C#N)c(F)c1. The van der Waals surface area contributed by atoms with E-state index in [0.29, 0.717) is 22.7 Å². The van der Waals surface area contributed by atoms with Crippen LogP contribution in [-0.2, 0) is 0 Å². The zero-order valence-electron chi connectivity index (χ0n) is 15.5. The molecule has 6 nitrogen and oxygen atoms in total. The second-order valence-electron chi connectivity index (χ2n) is 6.39. The van der Waals surface area contributed by atoms with Crippen molar-refractivity contribution in [1.29, 1.82) is 5.26 Å². The van der Waals surface area contributed by atoms with Crippen molar-refractivity contribution in [3.63, 3.8) is 0 Å². The molecule has 0 amide bonds. The normalized spacial score (nSPS) is 10.8. The van der Waals surface area contributed by atoms with Crippen molar-refractivity contribution in [3.05, 3.63) is 59.3 Å². The number of benzene rings is 1. The van der Waals surface area contributed by atoms with Gasteiger partial charge in [0.05, 0.1) is 29.4 Å². The molecule has 0 radical (unpaired) electrons. The smallest absolute Gasteiger partial charge is 0.156 e. The summed E-state index contributed by atoms with van der Waals surface area (Å²) in [5.41, 5.74) is 4.16. The van der Waals surface area contributed by atoms with Crippen LogP contribution >= 0.6 is 0 Å². The van der Waals surface area contributed by atoms with Crippen LogP contribution in [0, 0.1) is 31.0 Å². The highest BCUT2D eigenvalue weighted by molar-refractivity contribution is 6.00. The van der Waals surface area contributed by atoms with E-state index in [1.807, 2.05) is 26.0 Å². The molecule has 0 bridgehead atoms. The first kappa shape index (κ1) is 17.6. The molecule has 1 aromatic carbocycles. The van der Waals surface area contributed by atoms with E-state index in [9.17, 15) is 9.65 Å². The molecule has 0 spiro atoms. The molecule has 138 valence electrons. The fourth-order valence-electron chi connectivity index (χ4n) is 3.23. The van der Waals surface area contributed by atoms with Crippen LogP contribution in [0.15, 0.2) is 36.5 Å². The molecule has 3 aromatic heterocycles. The Morgan fingerprint density at radius 1 is 1.18 bits per heavy atom. The Morgan fingerprint density at radius 3 is 2.64 bits per heavy atom. The number of aromatic amines is 1. The fourth-order valence-corrected chi connectivity index (χ4v) is 3.23. The lowest BCUT2D eigenvalue weighted by molar-refractivity contribution is 0.411. The maximum Gasteiger partial charge on any atom is 0.156 e. The van der Waals surface area contributed by atoms with E-state index < -0.39 is 5.82 Å². The van der Waals surface area contributed by atoms with Crippen molar-refractivity contribution in [2.24, 2.45) is 0 Å². The zero-order chi connectivity index (χ0) is 19.8. The first-order valence-corrected chi connectivity index (χ1v) is 8.59. The number of H-pyrrole nitrogens is 1. The number of hydrogen-bond donors (Lipinski definition) is 1. The van der Waals surface area contributed by atoms with E-state index >= 15 is 0 Å². The Kier molecular flexibility index (Phi) is 4.24. The van der Waals surface area contributed by atoms with Gasteiger partial charge < -0.3 is 4.74 Å². The van der Waals surface area contributed by atoms with Gasteiger partial charge in [-0.3, -0.25) is 10.1 Å². The molecule has 7 heteroatoms. The van der Waals surface area contributed by atoms with Crippen molar-refractivity contribution in [2.45, 2.75) is 13.8 Å². The van der Waals surface area contributed by atoms with E-state index in [-0.39, 0.29) is 16.8 Å². The number of rotatable bonds is 3. The Bertz CT molecular complexity index is 1240. The molecule has 0 unspecified atom stereocenters. The summed E-state index contributed by atoms with van der Waals surface area (Å²) in [6.07, 6.45) is 1.70. The summed E-state index contributed by atoms with van der Waals surface area (Å²) in [7, 11) is 1.47. The summed E-state index contributed by atoms with van der Waals surface area (Å²) in [5.74, 6) is -0.131. The summed E-state index contributed by atoms with van der Waals surface area (Å²) in [6.45, 7) is 3.72. The van der Waals surface area contributed by atoms with E-state index in [4.69, 9.17) is 4.74 Å². The monoisotopic (exact) mass is 373 g/mol. The summed E-state index contributed by atoms with van der Waals surface area (Å²) in [4.78, 5) is 8.86. The van der Waals surface area contributed by atoms with Gasteiger partial charge in [0.1, 0.15) is 17.6 Å². The molecule has 0 aliphatic heterocycles. The van der Waals surface area contributed by atoms with Crippen molar-refractivity contribution < 1.29 is 9.13 Å². The molecule has 0 saturated heterocycles. The van der Waals surface area contributed by atoms with E-state index in [1.165, 1.54) is 13.2 Å². The van der Waals surface area contributed by atoms with Crippen molar-refractivity contribution in [3.8, 4) is 34.2 Å². The fraction of sp³-hybridized carbons (Fsp3) is 0.143. The number of fused-ring (bicyclic) bond motifs is 1. The number of methoxy groups -OCH3 is 1. The highest BCUT2D eigenvalue weighted by atomic mass is 19.1. The summed E-state index contributed by atoms with van der Waals surface area (Å²) in [6, 6.07) is 10.4. The number of nitriles is 1. The highest BCUT2D eigenvalue weighted by Crippen LogP contribution is 2.38. The Labute approximate surface area is 160 Å². The van der Waals surface area contributed by atoms with Gasteiger partial charge >= 0.3 is 0 Å². The lowest BCUT2D eigenvalue weighted by Crippen LogP contribution is -1.99. The topological polar surface area (TPSA) is 87.5 Å². The largest absolute Gasteiger partial charge is 0.497 e. The lowest BCUT2D eigenvalue weighted by atomic mass is 9.94. The number of ether oxygens (including phenoxy) is 1. The van der Waals surface area contributed by atoms with Crippen LogP contribution in [0.2, 0.25) is 0 Å². The molecule has 0 aliphatic rings. The molecular weight excluding hydrogens is 357 g/mol. The molecule has 3 heterocycles. The van der Waals surface area contributed by atoms with Crippen LogP contribution in [0.25, 0.3) is 33.4 Å². The van der Waals surface area contributed by atoms with Crippen LogP contribution in [-0.4, -0.2) is 27.3 Å². The van der Waals surface area contributed by atoms with Gasteiger partial charge in [0.25, 0.3) is 0 Å². The minimum absolute atomic E-state index is 0.216. The number of aromatic nitrogens is 4. The van der Waals surface area contributed by atoms with Gasteiger partial charge in [-0.2, -0.15) is 10.4 Å². The van der Waals surface area contributed by atoms with Gasteiger partial charge in [0.15, 0.2) is 5.65 Å². The van der Waals surface area contributed by atoms with E-state index in [1.54, 1.807) is 18.3 Å². The summed E-state index contributed by atoms with van der Waals surface area (Å²) < 4.78 is 19.8. The summed E-state index contributed by atoms with van der Waals surface area (Å²) in [5, 5.41) is 17.8. The van der Waals surface area contributed by atoms with Gasteiger partial charge in [0.2, 0.25) is 0 Å². The number of aryl methyl sites for hydroxylation is 2. The third-order valence-electron chi connectivity index (χ3n) is 4.63. The second-order valence-corrected chi connectivity index (χ2v) is 6.39. The minimum Gasteiger partial charge on any atom is -0.497 e. The Balaban J connectivity index is 2.09. The van der Waals surface area contributed by atoms with Gasteiger partial charge in [-0.15, -0.1) is 0 Å². The predicted molar refractivity (Wildman–Crippen MR) is 103 cm³/mol. The Hall–Kier alpha value is -3.79. The molecule has 28 heavy (non-hydrogen) atoms. The molecular formula is C21H16FN5O. The van der Waals surface area contributed by atoms with Crippen molar-refractivity contribution in [2.75, 3.05) is 7.11 Å². The first-order valence-electron chi connectivity index (χ1n) is 8.59. The van der Waals surface area contributed by atoms with Gasteiger partial charge in [-0.1, -0.05) is 6.07 Å². The molecule has 1 N–H and O–H groups in total. The maximum atomic E-state index is 14.8. The van der Waals surface area contributed by atoms with E-state index in [2.05, 4.69) is 26.2 Å². The molecule has 4 rings (SSSR count). The van der Waals surface area contributed by atoms with Crippen molar-refractivity contribution >= 4 is 11.0 Å². The van der Waals surface area contributed by atoms with E-state index in [0.717, 1.165) is 16.6 Å². The first-order chi connectivity index (χ1) is 13.5. The number of halogens is 1. The lowest BCUT2D eigenvalue weighted by Gasteiger charge is -2.12. The zero-order valence-corrected chi connectivity index (χ0v) is 15.5. The molecule has 0 saturated carbocycles. The standard InChI is InChI=1S/C21H16FN5O/c1-11-4-5-13(10-24-11)19-16(9-23)20(25-21-18(19)12(2)26-27-21)15-7-6-14(28-3)8-17(15)22/h4-8,10H,1-3H3,(H,25,26,27). The number of nitrogens with zero attached hydrogens (tertiary/aromatic N) is 4. The summed E-state index contributed by atoms with van der Waals surface area (Å²) >= 11 is 0. The second kappa shape index (κ2) is 6.74. The van der Waals surface area contributed by atoms with Gasteiger partial charge in [0, 0.05) is 34.6 Å². The van der Waals surface area contributed by atoms with Crippen LogP contribution in [0.3, 0.4) is 0 Å². The quantitative estimate of drug-likeness (QED) is 0.578. The van der Waals surface area contributed by atoms with Crippen LogP contribution < -0.4 is 4.74 Å². The molecule has 0 aliphatic carbocycles. The van der Waals surface area contributed by atoms with Crippen LogP contribution in [0.5, 0.6) is 5.75 Å². The molecule has 0 atom stereocenters. The number of hydrogen-bond acceptors (Lipinski definition) is 5. The van der Waals surface area contributed by atoms with Crippen molar-refractivity contribution in [1.82, 2.24) is 20.2 Å². The van der Waals surface area contributed by atoms with Gasteiger partial charge in [-0.05, 0) is 32.0 Å². The van der Waals surface area contributed by atoms with Gasteiger partial charge in [-0.25, -0.2) is 9.37 Å². The number of nitrogens with one attached hydrogen (secondary N) is 1.